The first-order valence-electron chi connectivity index (χ1n) is 7.26. The minimum Gasteiger partial charge on any atom is -0.370 e. The molecule has 0 bridgehead atoms. The second-order valence-corrected chi connectivity index (χ2v) is 5.44. The fourth-order valence-electron chi connectivity index (χ4n) is 2.33. The lowest BCUT2D eigenvalue weighted by Crippen LogP contribution is -2.11. The van der Waals surface area contributed by atoms with Gasteiger partial charge >= 0.3 is 0 Å². The highest BCUT2D eigenvalue weighted by molar-refractivity contribution is 5.47. The first-order valence-corrected chi connectivity index (χ1v) is 7.26. The van der Waals surface area contributed by atoms with E-state index in [2.05, 4.69) is 29.1 Å². The number of nitrogens with zero attached hydrogens (tertiary/aromatic N) is 4. The third-order valence-electron chi connectivity index (χ3n) is 3.80. The van der Waals surface area contributed by atoms with Crippen molar-refractivity contribution in [2.45, 2.75) is 39.0 Å². The van der Waals surface area contributed by atoms with Crippen LogP contribution in [0.2, 0.25) is 0 Å². The minimum absolute atomic E-state index is 0.563. The maximum absolute atomic E-state index is 4.79. The van der Waals surface area contributed by atoms with Crippen LogP contribution in [0.3, 0.4) is 0 Å². The molecular formula is C15H21N5. The largest absolute Gasteiger partial charge is 0.370 e. The highest BCUT2D eigenvalue weighted by atomic mass is 15.1. The van der Waals surface area contributed by atoms with Crippen LogP contribution in [0.15, 0.2) is 12.4 Å². The average molecular weight is 271 g/mol. The molecule has 5 heteroatoms. The van der Waals surface area contributed by atoms with Crippen molar-refractivity contribution in [1.29, 1.82) is 0 Å². The molecule has 0 aliphatic heterocycles. The second-order valence-electron chi connectivity index (χ2n) is 5.44. The van der Waals surface area contributed by atoms with Gasteiger partial charge in [-0.05, 0) is 26.7 Å². The van der Waals surface area contributed by atoms with Gasteiger partial charge in [-0.2, -0.15) is 0 Å². The first-order chi connectivity index (χ1) is 9.69. The molecule has 1 aliphatic rings. The van der Waals surface area contributed by atoms with E-state index >= 15 is 0 Å². The summed E-state index contributed by atoms with van der Waals surface area (Å²) in [4.78, 5) is 13.9. The summed E-state index contributed by atoms with van der Waals surface area (Å²) in [6.45, 7) is 5.06. The van der Waals surface area contributed by atoms with Crippen LogP contribution < -0.4 is 5.32 Å². The summed E-state index contributed by atoms with van der Waals surface area (Å²) in [5, 5.41) is 3.36. The summed E-state index contributed by atoms with van der Waals surface area (Å²) in [7, 11) is 2.02. The van der Waals surface area contributed by atoms with Crippen LogP contribution in [0.4, 0.5) is 5.82 Å². The zero-order valence-electron chi connectivity index (χ0n) is 12.3. The van der Waals surface area contributed by atoms with Gasteiger partial charge in [0.05, 0.1) is 5.69 Å². The van der Waals surface area contributed by atoms with E-state index in [-0.39, 0.29) is 0 Å². The number of imidazole rings is 1. The Hall–Kier alpha value is -1.91. The van der Waals surface area contributed by atoms with Crippen molar-refractivity contribution in [3.05, 3.63) is 35.3 Å². The molecular weight excluding hydrogens is 250 g/mol. The number of anilines is 1. The lowest BCUT2D eigenvalue weighted by atomic mass is 10.1. The Morgan fingerprint density at radius 2 is 2.15 bits per heavy atom. The number of nitrogens with one attached hydrogen (secondary N) is 1. The van der Waals surface area contributed by atoms with E-state index in [1.165, 1.54) is 12.8 Å². The Bertz CT molecular complexity index is 613. The molecule has 0 saturated heterocycles. The van der Waals surface area contributed by atoms with Gasteiger partial charge < -0.3 is 9.88 Å². The third kappa shape index (κ3) is 2.53. The summed E-state index contributed by atoms with van der Waals surface area (Å²) in [5.41, 5.74) is 2.23. The fraction of sp³-hybridized carbons (Fsp3) is 0.533. The van der Waals surface area contributed by atoms with E-state index in [9.17, 15) is 0 Å². The zero-order chi connectivity index (χ0) is 14.1. The first kappa shape index (κ1) is 13.1. The van der Waals surface area contributed by atoms with E-state index in [0.717, 1.165) is 41.7 Å². The average Bonchev–Trinajstić information content (AvgIpc) is 3.20. The molecule has 1 aliphatic carbocycles. The molecule has 1 fully saturated rings. The van der Waals surface area contributed by atoms with E-state index < -0.39 is 0 Å². The molecule has 2 aromatic heterocycles. The molecule has 0 radical (unpaired) electrons. The highest BCUT2D eigenvalue weighted by Crippen LogP contribution is 2.39. The van der Waals surface area contributed by atoms with Crippen LogP contribution >= 0.6 is 0 Å². The highest BCUT2D eigenvalue weighted by Gasteiger charge is 2.28. The number of aryl methyl sites for hydroxylation is 1. The van der Waals surface area contributed by atoms with Gasteiger partial charge in [0.1, 0.15) is 17.5 Å². The summed E-state index contributed by atoms with van der Waals surface area (Å²) < 4.78 is 2.05. The van der Waals surface area contributed by atoms with Gasteiger partial charge in [-0.3, -0.25) is 0 Å². The van der Waals surface area contributed by atoms with Gasteiger partial charge in [0.15, 0.2) is 0 Å². The van der Waals surface area contributed by atoms with E-state index in [0.29, 0.717) is 5.92 Å². The van der Waals surface area contributed by atoms with Crippen molar-refractivity contribution in [3.8, 4) is 0 Å². The predicted molar refractivity (Wildman–Crippen MR) is 78.9 cm³/mol. The standard InChI is InChI=1S/C15H21N5/c1-4-16-14-10(2)12(9-13-17-7-8-20(13)3)18-15(19-14)11-5-6-11/h7-8,11H,4-6,9H2,1-3H3,(H,16,18,19). The zero-order valence-corrected chi connectivity index (χ0v) is 12.3. The Kier molecular flexibility index (Phi) is 3.42. The molecule has 3 rings (SSSR count). The van der Waals surface area contributed by atoms with Crippen molar-refractivity contribution in [2.24, 2.45) is 7.05 Å². The lowest BCUT2D eigenvalue weighted by Gasteiger charge is -2.13. The minimum atomic E-state index is 0.563. The Morgan fingerprint density at radius 1 is 1.35 bits per heavy atom. The quantitative estimate of drug-likeness (QED) is 0.907. The summed E-state index contributed by atoms with van der Waals surface area (Å²) in [6.07, 6.45) is 7.00. The molecule has 20 heavy (non-hydrogen) atoms. The summed E-state index contributed by atoms with van der Waals surface area (Å²) >= 11 is 0. The van der Waals surface area contributed by atoms with Crippen molar-refractivity contribution >= 4 is 5.82 Å². The van der Waals surface area contributed by atoms with Crippen LogP contribution in [-0.4, -0.2) is 26.1 Å². The SMILES string of the molecule is CCNc1nc(C2CC2)nc(Cc2nccn2C)c1C. The topological polar surface area (TPSA) is 55.6 Å². The smallest absolute Gasteiger partial charge is 0.134 e. The van der Waals surface area contributed by atoms with Gasteiger partial charge in [-0.25, -0.2) is 15.0 Å². The van der Waals surface area contributed by atoms with E-state index in [4.69, 9.17) is 4.98 Å². The van der Waals surface area contributed by atoms with Gasteiger partial charge in [0.2, 0.25) is 0 Å². The predicted octanol–water partition coefficient (Wildman–Crippen LogP) is 2.42. The van der Waals surface area contributed by atoms with Crippen molar-refractivity contribution in [3.63, 3.8) is 0 Å². The van der Waals surface area contributed by atoms with Gasteiger partial charge in [-0.15, -0.1) is 0 Å². The van der Waals surface area contributed by atoms with Crippen molar-refractivity contribution in [1.82, 2.24) is 19.5 Å². The van der Waals surface area contributed by atoms with Crippen molar-refractivity contribution in [2.75, 3.05) is 11.9 Å². The number of hydrogen-bond donors (Lipinski definition) is 1. The Morgan fingerprint density at radius 3 is 2.75 bits per heavy atom. The molecule has 2 heterocycles. The second kappa shape index (κ2) is 5.23. The van der Waals surface area contributed by atoms with Gasteiger partial charge in [-0.1, -0.05) is 0 Å². The molecule has 0 atom stereocenters. The number of aromatic nitrogens is 4. The molecule has 106 valence electrons. The lowest BCUT2D eigenvalue weighted by molar-refractivity contribution is 0.791. The number of hydrogen-bond acceptors (Lipinski definition) is 4. The monoisotopic (exact) mass is 271 g/mol. The van der Waals surface area contributed by atoms with Crippen LogP contribution in [0.25, 0.3) is 0 Å². The van der Waals surface area contributed by atoms with Crippen LogP contribution in [0.1, 0.15) is 48.6 Å². The molecule has 2 aromatic rings. The number of rotatable bonds is 5. The molecule has 0 aromatic carbocycles. The van der Waals surface area contributed by atoms with Crippen molar-refractivity contribution < 1.29 is 0 Å². The van der Waals surface area contributed by atoms with E-state index in [1.54, 1.807) is 0 Å². The normalized spacial score (nSPS) is 14.6. The molecule has 5 nitrogen and oxygen atoms in total. The molecule has 1 saturated carbocycles. The van der Waals surface area contributed by atoms with Crippen LogP contribution in [-0.2, 0) is 13.5 Å². The maximum Gasteiger partial charge on any atom is 0.134 e. The Balaban J connectivity index is 1.97. The maximum atomic E-state index is 4.79. The molecule has 0 spiro atoms. The molecule has 0 amide bonds. The summed E-state index contributed by atoms with van der Waals surface area (Å²) in [5.74, 6) is 3.58. The van der Waals surface area contributed by atoms with Crippen LogP contribution in [0.5, 0.6) is 0 Å². The van der Waals surface area contributed by atoms with Gasteiger partial charge in [0.25, 0.3) is 0 Å². The Labute approximate surface area is 119 Å². The van der Waals surface area contributed by atoms with Crippen LogP contribution in [0, 0.1) is 6.92 Å². The molecule has 1 N–H and O–H groups in total. The molecule has 0 unspecified atom stereocenters. The fourth-order valence-corrected chi connectivity index (χ4v) is 2.33. The third-order valence-corrected chi connectivity index (χ3v) is 3.80. The van der Waals surface area contributed by atoms with Gasteiger partial charge in [0, 0.05) is 43.9 Å². The summed E-state index contributed by atoms with van der Waals surface area (Å²) in [6, 6.07) is 0. The van der Waals surface area contributed by atoms with E-state index in [1.807, 2.05) is 24.0 Å².